The lowest BCUT2D eigenvalue weighted by Gasteiger charge is -2.10. The standard InChI is InChI=1S/C15H17F2NO2/c1-20-15(19)11-6-7-12(14(17)13(11)16)18-9-8-10-4-2-3-5-10/h4,6-7,18H,2-3,5,8-9H2,1H3. The Bertz CT molecular complexity index is 541. The average Bonchev–Trinajstić information content (AvgIpc) is 2.96. The summed E-state index contributed by atoms with van der Waals surface area (Å²) in [7, 11) is 1.13. The van der Waals surface area contributed by atoms with Gasteiger partial charge in [0.15, 0.2) is 11.6 Å². The highest BCUT2D eigenvalue weighted by molar-refractivity contribution is 5.90. The molecule has 0 spiro atoms. The molecule has 0 saturated heterocycles. The third-order valence-electron chi connectivity index (χ3n) is 3.38. The molecule has 3 nitrogen and oxygen atoms in total. The van der Waals surface area contributed by atoms with Crippen molar-refractivity contribution in [3.63, 3.8) is 0 Å². The zero-order valence-electron chi connectivity index (χ0n) is 11.3. The van der Waals surface area contributed by atoms with Crippen molar-refractivity contribution in [2.45, 2.75) is 25.7 Å². The number of allylic oxidation sites excluding steroid dienone is 1. The van der Waals surface area contributed by atoms with Gasteiger partial charge in [0, 0.05) is 6.54 Å². The van der Waals surface area contributed by atoms with Crippen LogP contribution in [-0.4, -0.2) is 19.6 Å². The molecule has 0 saturated carbocycles. The molecule has 1 N–H and O–H groups in total. The van der Waals surface area contributed by atoms with Crippen LogP contribution in [0.15, 0.2) is 23.8 Å². The zero-order chi connectivity index (χ0) is 14.5. The summed E-state index contributed by atoms with van der Waals surface area (Å²) in [5.74, 6) is -3.11. The lowest BCUT2D eigenvalue weighted by molar-refractivity contribution is 0.0594. The summed E-state index contributed by atoms with van der Waals surface area (Å²) >= 11 is 0. The van der Waals surface area contributed by atoms with E-state index < -0.39 is 23.2 Å². The Balaban J connectivity index is 2.01. The molecule has 1 aromatic carbocycles. The maximum atomic E-state index is 13.8. The van der Waals surface area contributed by atoms with Gasteiger partial charge >= 0.3 is 5.97 Å². The second-order valence-electron chi connectivity index (χ2n) is 4.71. The highest BCUT2D eigenvalue weighted by Gasteiger charge is 2.18. The number of nitrogens with one attached hydrogen (secondary N) is 1. The number of ether oxygens (including phenoxy) is 1. The molecule has 0 fully saturated rings. The number of hydrogen-bond donors (Lipinski definition) is 1. The summed E-state index contributed by atoms with van der Waals surface area (Å²) in [4.78, 5) is 11.2. The van der Waals surface area contributed by atoms with Crippen LogP contribution in [-0.2, 0) is 4.74 Å². The molecule has 1 aromatic rings. The highest BCUT2D eigenvalue weighted by Crippen LogP contribution is 2.23. The van der Waals surface area contributed by atoms with E-state index in [2.05, 4.69) is 16.1 Å². The fourth-order valence-corrected chi connectivity index (χ4v) is 2.28. The molecule has 0 bridgehead atoms. The van der Waals surface area contributed by atoms with Crippen molar-refractivity contribution in [2.24, 2.45) is 0 Å². The summed E-state index contributed by atoms with van der Waals surface area (Å²) in [5, 5.41) is 2.86. The first-order valence-corrected chi connectivity index (χ1v) is 6.61. The van der Waals surface area contributed by atoms with Crippen LogP contribution in [0.25, 0.3) is 0 Å². The third kappa shape index (κ3) is 3.15. The van der Waals surface area contributed by atoms with Crippen molar-refractivity contribution in [2.75, 3.05) is 19.0 Å². The van der Waals surface area contributed by atoms with Crippen LogP contribution in [0.2, 0.25) is 0 Å². The van der Waals surface area contributed by atoms with Crippen molar-refractivity contribution in [3.05, 3.63) is 41.0 Å². The van der Waals surface area contributed by atoms with Gasteiger partial charge in [-0.3, -0.25) is 0 Å². The van der Waals surface area contributed by atoms with Crippen LogP contribution < -0.4 is 5.32 Å². The largest absolute Gasteiger partial charge is 0.465 e. The number of carbonyl (C=O) groups is 1. The van der Waals surface area contributed by atoms with E-state index in [1.54, 1.807) is 0 Å². The normalized spacial score (nSPS) is 14.1. The number of halogens is 2. The molecule has 0 heterocycles. The molecule has 0 radical (unpaired) electrons. The van der Waals surface area contributed by atoms with Gasteiger partial charge in [-0.05, 0) is 37.8 Å². The Kier molecular flexibility index (Phi) is 4.71. The molecule has 0 unspecified atom stereocenters. The molecule has 108 valence electrons. The molecule has 5 heteroatoms. The van der Waals surface area contributed by atoms with Crippen molar-refractivity contribution in [1.82, 2.24) is 0 Å². The van der Waals surface area contributed by atoms with Crippen molar-refractivity contribution >= 4 is 11.7 Å². The van der Waals surface area contributed by atoms with Crippen molar-refractivity contribution in [3.8, 4) is 0 Å². The molecule has 0 aliphatic heterocycles. The van der Waals surface area contributed by atoms with Gasteiger partial charge in [0.05, 0.1) is 18.4 Å². The Labute approximate surface area is 116 Å². The Hall–Kier alpha value is -1.91. The lowest BCUT2D eigenvalue weighted by Crippen LogP contribution is -2.10. The summed E-state index contributed by atoms with van der Waals surface area (Å²) in [6, 6.07) is 2.58. The van der Waals surface area contributed by atoms with Crippen molar-refractivity contribution < 1.29 is 18.3 Å². The molecule has 0 amide bonds. The van der Waals surface area contributed by atoms with Crippen LogP contribution in [0.1, 0.15) is 36.0 Å². The average molecular weight is 281 g/mol. The molecular formula is C15H17F2NO2. The van der Waals surface area contributed by atoms with E-state index in [1.807, 2.05) is 0 Å². The Morgan fingerprint density at radius 3 is 2.80 bits per heavy atom. The van der Waals surface area contributed by atoms with E-state index in [-0.39, 0.29) is 5.69 Å². The number of anilines is 1. The number of benzene rings is 1. The van der Waals surface area contributed by atoms with E-state index in [0.29, 0.717) is 6.54 Å². The first-order chi connectivity index (χ1) is 9.63. The summed E-state index contributed by atoms with van der Waals surface area (Å²) in [5.41, 5.74) is 1.02. The smallest absolute Gasteiger partial charge is 0.340 e. The number of rotatable bonds is 5. The Morgan fingerprint density at radius 2 is 2.15 bits per heavy atom. The van der Waals surface area contributed by atoms with Crippen LogP contribution in [0.4, 0.5) is 14.5 Å². The van der Waals surface area contributed by atoms with Gasteiger partial charge in [-0.15, -0.1) is 0 Å². The molecule has 1 aliphatic carbocycles. The Morgan fingerprint density at radius 1 is 1.35 bits per heavy atom. The predicted octanol–water partition coefficient (Wildman–Crippen LogP) is 3.66. The van der Waals surface area contributed by atoms with Crippen LogP contribution in [0.3, 0.4) is 0 Å². The molecule has 1 aliphatic rings. The number of esters is 1. The second kappa shape index (κ2) is 6.50. The number of hydrogen-bond acceptors (Lipinski definition) is 3. The predicted molar refractivity (Wildman–Crippen MR) is 72.7 cm³/mol. The van der Waals surface area contributed by atoms with Gasteiger partial charge in [-0.25, -0.2) is 13.6 Å². The van der Waals surface area contributed by atoms with Gasteiger partial charge in [-0.1, -0.05) is 11.6 Å². The maximum absolute atomic E-state index is 13.8. The third-order valence-corrected chi connectivity index (χ3v) is 3.38. The quantitative estimate of drug-likeness (QED) is 0.661. The van der Waals surface area contributed by atoms with Crippen LogP contribution in [0, 0.1) is 11.6 Å². The van der Waals surface area contributed by atoms with E-state index in [9.17, 15) is 13.6 Å². The molecule has 0 atom stereocenters. The molecule has 2 rings (SSSR count). The van der Waals surface area contributed by atoms with E-state index in [0.717, 1.165) is 26.4 Å². The number of methoxy groups -OCH3 is 1. The minimum Gasteiger partial charge on any atom is -0.465 e. The fourth-order valence-electron chi connectivity index (χ4n) is 2.28. The fraction of sp³-hybridized carbons (Fsp3) is 0.400. The van der Waals surface area contributed by atoms with E-state index in [4.69, 9.17) is 0 Å². The van der Waals surface area contributed by atoms with Gasteiger partial charge in [0.1, 0.15) is 0 Å². The summed E-state index contributed by atoms with van der Waals surface area (Å²) in [6.07, 6.45) is 6.37. The zero-order valence-corrected chi connectivity index (χ0v) is 11.3. The van der Waals surface area contributed by atoms with Gasteiger partial charge in [-0.2, -0.15) is 0 Å². The second-order valence-corrected chi connectivity index (χ2v) is 4.71. The van der Waals surface area contributed by atoms with E-state index in [1.165, 1.54) is 24.1 Å². The SMILES string of the molecule is COC(=O)c1ccc(NCCC2=CCCC2)c(F)c1F. The summed E-state index contributed by atoms with van der Waals surface area (Å²) in [6.45, 7) is 0.541. The van der Waals surface area contributed by atoms with Crippen molar-refractivity contribution in [1.29, 1.82) is 0 Å². The first kappa shape index (κ1) is 14.5. The molecule has 0 aromatic heterocycles. The molecule has 20 heavy (non-hydrogen) atoms. The van der Waals surface area contributed by atoms with E-state index >= 15 is 0 Å². The minimum atomic E-state index is -1.18. The first-order valence-electron chi connectivity index (χ1n) is 6.61. The topological polar surface area (TPSA) is 38.3 Å². The van der Waals surface area contributed by atoms with Crippen LogP contribution >= 0.6 is 0 Å². The summed E-state index contributed by atoms with van der Waals surface area (Å²) < 4.78 is 31.9. The highest BCUT2D eigenvalue weighted by atomic mass is 19.2. The minimum absolute atomic E-state index is 0.0637. The number of carbonyl (C=O) groups excluding carboxylic acids is 1. The van der Waals surface area contributed by atoms with Gasteiger partial charge < -0.3 is 10.1 Å². The maximum Gasteiger partial charge on any atom is 0.340 e. The molecular weight excluding hydrogens is 264 g/mol. The lowest BCUT2D eigenvalue weighted by atomic mass is 10.1. The van der Waals surface area contributed by atoms with Gasteiger partial charge in [0.2, 0.25) is 0 Å². The van der Waals surface area contributed by atoms with Crippen LogP contribution in [0.5, 0.6) is 0 Å². The van der Waals surface area contributed by atoms with Gasteiger partial charge in [0.25, 0.3) is 0 Å². The monoisotopic (exact) mass is 281 g/mol.